The summed E-state index contributed by atoms with van der Waals surface area (Å²) in [7, 11) is 3.93. The molecule has 0 saturated carbocycles. The minimum atomic E-state index is -0.227. The Bertz CT molecular complexity index is 306. The van der Waals surface area contributed by atoms with Gasteiger partial charge in [0.25, 0.3) is 0 Å². The number of ether oxygens (including phenoxy) is 1. The van der Waals surface area contributed by atoms with Crippen LogP contribution in [0.5, 0.6) is 0 Å². The van der Waals surface area contributed by atoms with Gasteiger partial charge in [0.2, 0.25) is 0 Å². The Morgan fingerprint density at radius 2 is 1.39 bits per heavy atom. The van der Waals surface area contributed by atoms with Crippen molar-refractivity contribution in [2.75, 3.05) is 32.6 Å². The molecule has 0 N–H and O–H groups in total. The van der Waals surface area contributed by atoms with Gasteiger partial charge in [0.1, 0.15) is 6.61 Å². The van der Waals surface area contributed by atoms with E-state index in [0.29, 0.717) is 12.2 Å². The van der Waals surface area contributed by atoms with Crippen LogP contribution < -0.4 is 0 Å². The lowest BCUT2D eigenvalue weighted by atomic mass is 10.0. The van der Waals surface area contributed by atoms with Crippen LogP contribution in [-0.4, -0.2) is 43.4 Å². The summed E-state index contributed by atoms with van der Waals surface area (Å²) in [5, 5.41) is 1.14. The number of halogens is 1. The number of rotatable bonds is 16. The highest BCUT2D eigenvalue weighted by molar-refractivity contribution is 9.09. The fourth-order valence-electron chi connectivity index (χ4n) is 2.37. The zero-order valence-corrected chi connectivity index (χ0v) is 16.8. The van der Waals surface area contributed by atoms with Crippen LogP contribution in [0.3, 0.4) is 0 Å². The van der Waals surface area contributed by atoms with Crippen molar-refractivity contribution in [3.05, 3.63) is 12.2 Å². The molecule has 0 unspecified atom stereocenters. The molecule has 0 aliphatic carbocycles. The maximum atomic E-state index is 11.7. The van der Waals surface area contributed by atoms with Crippen LogP contribution in [0, 0.1) is 0 Å². The van der Waals surface area contributed by atoms with Crippen molar-refractivity contribution in [2.24, 2.45) is 0 Å². The van der Waals surface area contributed by atoms with Crippen LogP contribution in [-0.2, 0) is 9.53 Å². The van der Waals surface area contributed by atoms with E-state index in [1.54, 1.807) is 0 Å². The fraction of sp³-hybridized carbons (Fsp3) is 0.842. The molecule has 136 valence electrons. The van der Waals surface area contributed by atoms with Gasteiger partial charge in [0.05, 0.1) is 0 Å². The smallest absolute Gasteiger partial charge is 0.333 e. The van der Waals surface area contributed by atoms with Crippen LogP contribution >= 0.6 is 15.9 Å². The second-order valence-electron chi connectivity index (χ2n) is 6.52. The van der Waals surface area contributed by atoms with Crippen molar-refractivity contribution in [2.45, 2.75) is 70.6 Å². The molecule has 0 aliphatic heterocycles. The maximum absolute atomic E-state index is 11.7. The summed E-state index contributed by atoms with van der Waals surface area (Å²) >= 11 is 3.47. The Hall–Kier alpha value is -0.350. The molecule has 0 aromatic rings. The maximum Gasteiger partial charge on any atom is 0.333 e. The van der Waals surface area contributed by atoms with E-state index in [1.807, 2.05) is 19.0 Å². The van der Waals surface area contributed by atoms with Gasteiger partial charge < -0.3 is 9.64 Å². The van der Waals surface area contributed by atoms with Crippen LogP contribution in [0.25, 0.3) is 0 Å². The summed E-state index contributed by atoms with van der Waals surface area (Å²) in [5.74, 6) is -0.227. The Morgan fingerprint density at radius 3 is 1.87 bits per heavy atom. The van der Waals surface area contributed by atoms with Gasteiger partial charge in [-0.25, -0.2) is 4.79 Å². The topological polar surface area (TPSA) is 29.5 Å². The lowest BCUT2D eigenvalue weighted by Gasteiger charge is -2.11. The Morgan fingerprint density at radius 1 is 0.913 bits per heavy atom. The molecule has 0 aromatic heterocycles. The fourth-order valence-corrected chi connectivity index (χ4v) is 2.77. The average molecular weight is 390 g/mol. The molecule has 0 bridgehead atoms. The number of unbranched alkanes of at least 4 members (excludes halogenated alkanes) is 9. The van der Waals surface area contributed by atoms with E-state index in [4.69, 9.17) is 4.74 Å². The molecule has 0 spiro atoms. The van der Waals surface area contributed by atoms with E-state index in [-0.39, 0.29) is 5.97 Å². The summed E-state index contributed by atoms with van der Waals surface area (Å²) in [5.41, 5.74) is 0.621. The van der Waals surface area contributed by atoms with E-state index in [0.717, 1.165) is 24.7 Å². The number of alkyl halides is 1. The molecule has 0 fully saturated rings. The van der Waals surface area contributed by atoms with E-state index >= 15 is 0 Å². The van der Waals surface area contributed by atoms with Crippen LogP contribution in [0.2, 0.25) is 0 Å². The Kier molecular flexibility index (Phi) is 16.3. The third kappa shape index (κ3) is 16.3. The van der Waals surface area contributed by atoms with Crippen molar-refractivity contribution in [3.8, 4) is 0 Å². The molecule has 0 amide bonds. The summed E-state index contributed by atoms with van der Waals surface area (Å²) in [6.45, 7) is 5.05. The van der Waals surface area contributed by atoms with E-state index in [9.17, 15) is 4.79 Å². The Labute approximate surface area is 152 Å². The van der Waals surface area contributed by atoms with Crippen molar-refractivity contribution in [1.29, 1.82) is 0 Å². The number of carbonyl (C=O) groups is 1. The number of likely N-dealkylation sites (N-methyl/N-ethyl adjacent to an activating group) is 1. The Balaban J connectivity index is 3.33. The minimum Gasteiger partial charge on any atom is -0.461 e. The monoisotopic (exact) mass is 389 g/mol. The van der Waals surface area contributed by atoms with E-state index in [1.165, 1.54) is 57.8 Å². The average Bonchev–Trinajstić information content (AvgIpc) is 2.51. The SMILES string of the molecule is C=C(CCCCCCCCCCCCBr)C(=O)OCCN(C)C. The molecule has 4 heteroatoms. The highest BCUT2D eigenvalue weighted by Crippen LogP contribution is 2.13. The molecule has 0 rings (SSSR count). The molecule has 23 heavy (non-hydrogen) atoms. The summed E-state index contributed by atoms with van der Waals surface area (Å²) in [4.78, 5) is 13.7. The summed E-state index contributed by atoms with van der Waals surface area (Å²) < 4.78 is 5.18. The molecule has 0 aliphatic rings. The van der Waals surface area contributed by atoms with Gasteiger partial charge in [-0.1, -0.05) is 73.9 Å². The second-order valence-corrected chi connectivity index (χ2v) is 7.31. The first kappa shape index (κ1) is 22.6. The molecule has 0 atom stereocenters. The quantitative estimate of drug-likeness (QED) is 0.154. The number of hydrogen-bond acceptors (Lipinski definition) is 3. The van der Waals surface area contributed by atoms with Gasteiger partial charge in [-0.15, -0.1) is 0 Å². The van der Waals surface area contributed by atoms with Gasteiger partial charge in [-0.2, -0.15) is 0 Å². The lowest BCUT2D eigenvalue weighted by molar-refractivity contribution is -0.139. The van der Waals surface area contributed by atoms with Gasteiger partial charge in [0, 0.05) is 17.4 Å². The molecule has 0 radical (unpaired) electrons. The largest absolute Gasteiger partial charge is 0.461 e. The first-order valence-electron chi connectivity index (χ1n) is 9.13. The predicted octanol–water partition coefficient (Wildman–Crippen LogP) is 5.33. The standard InChI is InChI=1S/C19H36BrNO2/c1-18(19(22)23-17-16-21(2)3)14-12-10-8-6-4-5-7-9-11-13-15-20/h1,4-17H2,2-3H3. The number of nitrogens with zero attached hydrogens (tertiary/aromatic N) is 1. The molecule has 3 nitrogen and oxygen atoms in total. The first-order chi connectivity index (χ1) is 11.1. The minimum absolute atomic E-state index is 0.227. The van der Waals surface area contributed by atoms with Crippen LogP contribution in [0.4, 0.5) is 0 Å². The molecular formula is C19H36BrNO2. The molecule has 0 aromatic carbocycles. The highest BCUT2D eigenvalue weighted by atomic mass is 79.9. The molecule has 0 heterocycles. The summed E-state index contributed by atoms with van der Waals surface area (Å²) in [6.07, 6.45) is 13.7. The number of hydrogen-bond donors (Lipinski definition) is 0. The van der Waals surface area contributed by atoms with Crippen LogP contribution in [0.15, 0.2) is 12.2 Å². The third-order valence-corrected chi connectivity index (χ3v) is 4.48. The van der Waals surface area contributed by atoms with Gasteiger partial charge in [0.15, 0.2) is 0 Å². The van der Waals surface area contributed by atoms with Gasteiger partial charge in [-0.3, -0.25) is 0 Å². The van der Waals surface area contributed by atoms with Gasteiger partial charge in [-0.05, 0) is 33.4 Å². The predicted molar refractivity (Wildman–Crippen MR) is 103 cm³/mol. The van der Waals surface area contributed by atoms with Crippen LogP contribution in [0.1, 0.15) is 70.6 Å². The van der Waals surface area contributed by atoms with E-state index < -0.39 is 0 Å². The zero-order chi connectivity index (χ0) is 17.3. The molecular weight excluding hydrogens is 354 g/mol. The molecule has 0 saturated heterocycles. The highest BCUT2D eigenvalue weighted by Gasteiger charge is 2.08. The first-order valence-corrected chi connectivity index (χ1v) is 10.3. The van der Waals surface area contributed by atoms with Gasteiger partial charge >= 0.3 is 5.97 Å². The van der Waals surface area contributed by atoms with E-state index in [2.05, 4.69) is 22.5 Å². The lowest BCUT2D eigenvalue weighted by Crippen LogP contribution is -2.20. The van der Waals surface area contributed by atoms with Crippen molar-refractivity contribution >= 4 is 21.9 Å². The van der Waals surface area contributed by atoms with Crippen molar-refractivity contribution in [3.63, 3.8) is 0 Å². The number of carbonyl (C=O) groups excluding carboxylic acids is 1. The zero-order valence-electron chi connectivity index (χ0n) is 15.2. The van der Waals surface area contributed by atoms with Crippen molar-refractivity contribution in [1.82, 2.24) is 4.90 Å². The summed E-state index contributed by atoms with van der Waals surface area (Å²) in [6, 6.07) is 0. The third-order valence-electron chi connectivity index (χ3n) is 3.92. The normalized spacial score (nSPS) is 11.0. The number of esters is 1. The van der Waals surface area contributed by atoms with Crippen molar-refractivity contribution < 1.29 is 9.53 Å². The second kappa shape index (κ2) is 16.5.